The number of hydrogen-bond donors (Lipinski definition) is 1. The number of hydrogen-bond acceptors (Lipinski definition) is 1. The van der Waals surface area contributed by atoms with E-state index in [9.17, 15) is 9.18 Å². The zero-order valence-electron chi connectivity index (χ0n) is 7.10. The molecule has 13 heavy (non-hydrogen) atoms. The molecule has 0 heterocycles. The lowest BCUT2D eigenvalue weighted by Gasteiger charge is -2.00. The van der Waals surface area contributed by atoms with E-state index in [0.717, 1.165) is 6.07 Å². The molecule has 0 unspecified atom stereocenters. The number of amides is 1. The van der Waals surface area contributed by atoms with Gasteiger partial charge in [0.1, 0.15) is 5.82 Å². The van der Waals surface area contributed by atoms with Gasteiger partial charge in [-0.1, -0.05) is 5.92 Å². The third-order valence-corrected chi connectivity index (χ3v) is 1.55. The second kappa shape index (κ2) is 3.72. The van der Waals surface area contributed by atoms with Crippen LogP contribution in [0.2, 0.25) is 0 Å². The van der Waals surface area contributed by atoms with Gasteiger partial charge in [0.15, 0.2) is 0 Å². The highest BCUT2D eigenvalue weighted by atomic mass is 19.1. The maximum absolute atomic E-state index is 12.8. The van der Waals surface area contributed by atoms with E-state index in [-0.39, 0.29) is 11.5 Å². The molecule has 0 bridgehead atoms. The van der Waals surface area contributed by atoms with Gasteiger partial charge in [0.25, 0.3) is 5.91 Å². The summed E-state index contributed by atoms with van der Waals surface area (Å²) >= 11 is 0. The lowest BCUT2D eigenvalue weighted by molar-refractivity contribution is 0.0962. The molecule has 0 saturated carbocycles. The summed E-state index contributed by atoms with van der Waals surface area (Å²) < 4.78 is 12.8. The van der Waals surface area contributed by atoms with Crippen LogP contribution in [0.1, 0.15) is 15.9 Å². The minimum atomic E-state index is -0.506. The van der Waals surface area contributed by atoms with Crippen LogP contribution in [0, 0.1) is 18.2 Å². The first kappa shape index (κ1) is 9.27. The van der Waals surface area contributed by atoms with Crippen molar-refractivity contribution in [3.8, 4) is 12.3 Å². The molecule has 0 spiro atoms. The van der Waals surface area contributed by atoms with E-state index in [1.54, 1.807) is 0 Å². The molecule has 2 nitrogen and oxygen atoms in total. The van der Waals surface area contributed by atoms with Crippen LogP contribution in [0.25, 0.3) is 0 Å². The van der Waals surface area contributed by atoms with Crippen molar-refractivity contribution < 1.29 is 9.18 Å². The smallest absolute Gasteiger partial charge is 0.251 e. The van der Waals surface area contributed by atoms with Gasteiger partial charge in [0.05, 0.1) is 0 Å². The third kappa shape index (κ3) is 2.06. The Morgan fingerprint density at radius 1 is 1.54 bits per heavy atom. The zero-order valence-corrected chi connectivity index (χ0v) is 7.10. The first-order chi connectivity index (χ1) is 6.17. The van der Waals surface area contributed by atoms with Crippen LogP contribution in [-0.2, 0) is 0 Å². The fourth-order valence-electron chi connectivity index (χ4n) is 0.948. The van der Waals surface area contributed by atoms with E-state index in [2.05, 4.69) is 11.2 Å². The van der Waals surface area contributed by atoms with Gasteiger partial charge in [0, 0.05) is 18.2 Å². The van der Waals surface area contributed by atoms with Gasteiger partial charge in [-0.25, -0.2) is 4.39 Å². The van der Waals surface area contributed by atoms with Crippen LogP contribution in [0.5, 0.6) is 0 Å². The Balaban J connectivity index is 3.17. The molecule has 66 valence electrons. The number of benzene rings is 1. The average molecular weight is 177 g/mol. The molecule has 0 atom stereocenters. The third-order valence-electron chi connectivity index (χ3n) is 1.55. The standard InChI is InChI=1S/C10H8FNO/c1-3-7-4-8(10(13)12-2)6-9(11)5-7/h1,4-6H,2H3,(H,12,13). The van der Waals surface area contributed by atoms with Crippen LogP contribution in [0.4, 0.5) is 4.39 Å². The van der Waals surface area contributed by atoms with E-state index in [1.165, 1.54) is 19.2 Å². The normalized spacial score (nSPS) is 9.00. The maximum atomic E-state index is 12.8. The highest BCUT2D eigenvalue weighted by Crippen LogP contribution is 2.07. The van der Waals surface area contributed by atoms with Crippen LogP contribution in [-0.4, -0.2) is 13.0 Å². The SMILES string of the molecule is C#Cc1cc(F)cc(C(=O)NC)c1. The molecule has 1 rings (SSSR count). The summed E-state index contributed by atoms with van der Waals surface area (Å²) in [7, 11) is 1.47. The van der Waals surface area contributed by atoms with Gasteiger partial charge >= 0.3 is 0 Å². The summed E-state index contributed by atoms with van der Waals surface area (Å²) in [6.45, 7) is 0. The fraction of sp³-hybridized carbons (Fsp3) is 0.100. The molecule has 0 fully saturated rings. The number of nitrogens with one attached hydrogen (secondary N) is 1. The molecule has 0 aliphatic rings. The quantitative estimate of drug-likeness (QED) is 0.641. The summed E-state index contributed by atoms with van der Waals surface area (Å²) in [5, 5.41) is 2.39. The second-order valence-electron chi connectivity index (χ2n) is 2.45. The highest BCUT2D eigenvalue weighted by Gasteiger charge is 2.05. The Hall–Kier alpha value is -1.82. The van der Waals surface area contributed by atoms with Crippen molar-refractivity contribution in [1.29, 1.82) is 0 Å². The minimum Gasteiger partial charge on any atom is -0.355 e. The lowest BCUT2D eigenvalue weighted by Crippen LogP contribution is -2.18. The van der Waals surface area contributed by atoms with Gasteiger partial charge in [-0.2, -0.15) is 0 Å². The fourth-order valence-corrected chi connectivity index (χ4v) is 0.948. The maximum Gasteiger partial charge on any atom is 0.251 e. The minimum absolute atomic E-state index is 0.232. The molecule has 0 radical (unpaired) electrons. The Kier molecular flexibility index (Phi) is 2.65. The van der Waals surface area contributed by atoms with Crippen LogP contribution in [0.15, 0.2) is 18.2 Å². The van der Waals surface area contributed by atoms with Crippen LogP contribution >= 0.6 is 0 Å². The van der Waals surface area contributed by atoms with Crippen LogP contribution < -0.4 is 5.32 Å². The highest BCUT2D eigenvalue weighted by molar-refractivity contribution is 5.94. The Morgan fingerprint density at radius 2 is 2.23 bits per heavy atom. The number of carbonyl (C=O) groups is 1. The Bertz CT molecular complexity index is 379. The lowest BCUT2D eigenvalue weighted by atomic mass is 10.1. The molecule has 1 amide bonds. The molecule has 0 aliphatic heterocycles. The van der Waals surface area contributed by atoms with Crippen molar-refractivity contribution in [2.45, 2.75) is 0 Å². The summed E-state index contributed by atoms with van der Waals surface area (Å²) in [4.78, 5) is 11.1. The number of terminal acetylenes is 1. The van der Waals surface area contributed by atoms with Gasteiger partial charge < -0.3 is 5.32 Å². The number of halogens is 1. The molecule has 1 aromatic rings. The Labute approximate surface area is 75.8 Å². The molecule has 0 saturated heterocycles. The molecule has 1 aromatic carbocycles. The van der Waals surface area contributed by atoms with Crippen molar-refractivity contribution in [3.63, 3.8) is 0 Å². The van der Waals surface area contributed by atoms with E-state index in [0.29, 0.717) is 5.56 Å². The predicted octanol–water partition coefficient (Wildman–Crippen LogP) is 1.17. The molecular formula is C10H8FNO. The summed E-state index contributed by atoms with van der Waals surface area (Å²) in [5.41, 5.74) is 0.592. The molecular weight excluding hydrogens is 169 g/mol. The van der Waals surface area contributed by atoms with E-state index < -0.39 is 5.82 Å². The van der Waals surface area contributed by atoms with Crippen molar-refractivity contribution >= 4 is 5.91 Å². The second-order valence-corrected chi connectivity index (χ2v) is 2.45. The van der Waals surface area contributed by atoms with Crippen molar-refractivity contribution in [1.82, 2.24) is 5.32 Å². The van der Waals surface area contributed by atoms with Gasteiger partial charge in [-0.05, 0) is 18.2 Å². The first-order valence-corrected chi connectivity index (χ1v) is 3.66. The average Bonchev–Trinajstić information content (AvgIpc) is 2.15. The molecule has 0 aliphatic carbocycles. The molecule has 0 aromatic heterocycles. The molecule has 3 heteroatoms. The van der Waals surface area contributed by atoms with E-state index >= 15 is 0 Å². The van der Waals surface area contributed by atoms with Crippen molar-refractivity contribution in [2.75, 3.05) is 7.05 Å². The van der Waals surface area contributed by atoms with E-state index in [1.807, 2.05) is 0 Å². The summed E-state index contributed by atoms with van der Waals surface area (Å²) in [5.74, 6) is 1.41. The number of carbonyl (C=O) groups excluding carboxylic acids is 1. The monoisotopic (exact) mass is 177 g/mol. The number of rotatable bonds is 1. The predicted molar refractivity (Wildman–Crippen MR) is 47.7 cm³/mol. The summed E-state index contributed by atoms with van der Waals surface area (Å²) in [6, 6.07) is 3.80. The van der Waals surface area contributed by atoms with Gasteiger partial charge in [0.2, 0.25) is 0 Å². The van der Waals surface area contributed by atoms with Crippen LogP contribution in [0.3, 0.4) is 0 Å². The van der Waals surface area contributed by atoms with Gasteiger partial charge in [-0.3, -0.25) is 4.79 Å². The largest absolute Gasteiger partial charge is 0.355 e. The Morgan fingerprint density at radius 3 is 2.77 bits per heavy atom. The van der Waals surface area contributed by atoms with Gasteiger partial charge in [-0.15, -0.1) is 6.42 Å². The van der Waals surface area contributed by atoms with E-state index in [4.69, 9.17) is 6.42 Å². The van der Waals surface area contributed by atoms with Crippen molar-refractivity contribution in [2.24, 2.45) is 0 Å². The zero-order chi connectivity index (χ0) is 9.84. The van der Waals surface area contributed by atoms with Crippen molar-refractivity contribution in [3.05, 3.63) is 35.1 Å². The first-order valence-electron chi connectivity index (χ1n) is 3.66. The molecule has 1 N–H and O–H groups in total. The summed E-state index contributed by atoms with van der Waals surface area (Å²) in [6.07, 6.45) is 5.08. The topological polar surface area (TPSA) is 29.1 Å².